The molecule has 98 valence electrons. The molecule has 1 unspecified atom stereocenters. The van der Waals surface area contributed by atoms with Crippen molar-refractivity contribution in [2.24, 2.45) is 0 Å². The van der Waals surface area contributed by atoms with Crippen LogP contribution in [0, 0.1) is 0 Å². The lowest BCUT2D eigenvalue weighted by molar-refractivity contribution is -0.118. The van der Waals surface area contributed by atoms with Crippen LogP contribution in [-0.2, 0) is 11.2 Å². The topological polar surface area (TPSA) is 29.1 Å². The third kappa shape index (κ3) is 4.16. The first-order chi connectivity index (χ1) is 8.65. The van der Waals surface area contributed by atoms with Crippen molar-refractivity contribution in [1.29, 1.82) is 0 Å². The number of halogens is 2. The van der Waals surface area contributed by atoms with Gasteiger partial charge in [-0.05, 0) is 17.7 Å². The first-order valence-corrected chi connectivity index (χ1v) is 7.83. The molecule has 2 nitrogen and oxygen atoms in total. The molecule has 1 aromatic rings. The summed E-state index contributed by atoms with van der Waals surface area (Å²) >= 11 is 13.8. The van der Waals surface area contributed by atoms with Gasteiger partial charge < -0.3 is 5.32 Å². The van der Waals surface area contributed by atoms with Crippen molar-refractivity contribution < 1.29 is 4.79 Å². The number of nitrogens with one attached hydrogen (secondary N) is 1. The average molecular weight is 304 g/mol. The van der Waals surface area contributed by atoms with Crippen molar-refractivity contribution in [3.05, 3.63) is 33.8 Å². The Balaban J connectivity index is 1.90. The van der Waals surface area contributed by atoms with Crippen LogP contribution in [0.3, 0.4) is 0 Å². The zero-order chi connectivity index (χ0) is 13.0. The van der Waals surface area contributed by atoms with E-state index in [0.717, 1.165) is 23.6 Å². The van der Waals surface area contributed by atoms with Gasteiger partial charge in [0.1, 0.15) is 5.78 Å². The second-order valence-corrected chi connectivity index (χ2v) is 6.37. The zero-order valence-corrected chi connectivity index (χ0v) is 12.2. The molecule has 1 fully saturated rings. The molecule has 1 aromatic carbocycles. The van der Waals surface area contributed by atoms with Crippen LogP contribution in [0.5, 0.6) is 0 Å². The summed E-state index contributed by atoms with van der Waals surface area (Å²) in [4.78, 5) is 12.0. The largest absolute Gasteiger partial charge is 0.312 e. The van der Waals surface area contributed by atoms with Crippen molar-refractivity contribution in [2.45, 2.75) is 18.9 Å². The highest BCUT2D eigenvalue weighted by molar-refractivity contribution is 7.99. The van der Waals surface area contributed by atoms with E-state index in [1.54, 1.807) is 12.1 Å². The quantitative estimate of drug-likeness (QED) is 0.926. The predicted octanol–water partition coefficient (Wildman–Crippen LogP) is 3.20. The molecular formula is C13H15Cl2NOS. The van der Waals surface area contributed by atoms with Crippen LogP contribution < -0.4 is 5.32 Å². The van der Waals surface area contributed by atoms with Crippen LogP contribution in [0.1, 0.15) is 12.0 Å². The fourth-order valence-corrected chi connectivity index (χ4v) is 3.40. The Morgan fingerprint density at radius 1 is 1.44 bits per heavy atom. The van der Waals surface area contributed by atoms with E-state index < -0.39 is 0 Å². The fourth-order valence-electron chi connectivity index (χ4n) is 1.98. The number of benzene rings is 1. The summed E-state index contributed by atoms with van der Waals surface area (Å²) in [7, 11) is 0. The highest BCUT2D eigenvalue weighted by atomic mass is 35.5. The summed E-state index contributed by atoms with van der Waals surface area (Å²) in [6.07, 6.45) is 0.963. The molecule has 0 radical (unpaired) electrons. The molecular weight excluding hydrogens is 289 g/mol. The number of ketones is 1. The van der Waals surface area contributed by atoms with Crippen LogP contribution in [0.25, 0.3) is 0 Å². The average Bonchev–Trinajstić information content (AvgIpc) is 2.34. The number of hydrogen-bond acceptors (Lipinski definition) is 3. The third-order valence-corrected chi connectivity index (χ3v) is 4.59. The van der Waals surface area contributed by atoms with Gasteiger partial charge in [-0.3, -0.25) is 4.79 Å². The number of thioether (sulfide) groups is 1. The molecule has 18 heavy (non-hydrogen) atoms. The zero-order valence-electron chi connectivity index (χ0n) is 9.92. The fraction of sp³-hybridized carbons (Fsp3) is 0.462. The molecule has 0 aromatic heterocycles. The van der Waals surface area contributed by atoms with Crippen molar-refractivity contribution in [3.63, 3.8) is 0 Å². The van der Waals surface area contributed by atoms with Gasteiger partial charge in [-0.1, -0.05) is 29.3 Å². The van der Waals surface area contributed by atoms with E-state index in [1.807, 2.05) is 17.8 Å². The molecule has 5 heteroatoms. The van der Waals surface area contributed by atoms with E-state index in [0.29, 0.717) is 28.9 Å². The summed E-state index contributed by atoms with van der Waals surface area (Å²) in [5.41, 5.74) is 0.856. The Kier molecular flexibility index (Phi) is 5.37. The minimum Gasteiger partial charge on any atom is -0.312 e. The Morgan fingerprint density at radius 3 is 2.94 bits per heavy atom. The van der Waals surface area contributed by atoms with Gasteiger partial charge >= 0.3 is 0 Å². The van der Waals surface area contributed by atoms with Gasteiger partial charge in [0.2, 0.25) is 0 Å². The van der Waals surface area contributed by atoms with E-state index in [1.165, 1.54) is 0 Å². The van der Waals surface area contributed by atoms with Gasteiger partial charge in [0.05, 0.1) is 0 Å². The van der Waals surface area contributed by atoms with Crippen LogP contribution >= 0.6 is 35.0 Å². The van der Waals surface area contributed by atoms with Crippen LogP contribution in [0.2, 0.25) is 10.0 Å². The Labute approximate surface area is 121 Å². The van der Waals surface area contributed by atoms with Crippen molar-refractivity contribution in [3.8, 4) is 0 Å². The molecule has 1 atom stereocenters. The molecule has 1 aliphatic rings. The Hall–Kier alpha value is -0.220. The normalized spacial score (nSPS) is 19.8. The molecule has 0 bridgehead atoms. The minimum atomic E-state index is 0.222. The van der Waals surface area contributed by atoms with Gasteiger partial charge in [0.25, 0.3) is 0 Å². The number of carbonyl (C=O) groups excluding carboxylic acids is 1. The van der Waals surface area contributed by atoms with Crippen LogP contribution in [0.4, 0.5) is 0 Å². The van der Waals surface area contributed by atoms with Gasteiger partial charge in [-0.2, -0.15) is 11.8 Å². The maximum atomic E-state index is 12.0. The molecule has 0 aliphatic carbocycles. The Morgan fingerprint density at radius 2 is 2.28 bits per heavy atom. The van der Waals surface area contributed by atoms with Gasteiger partial charge in [0.15, 0.2) is 0 Å². The molecule has 0 saturated carbocycles. The van der Waals surface area contributed by atoms with Crippen molar-refractivity contribution >= 4 is 40.7 Å². The summed E-state index contributed by atoms with van der Waals surface area (Å²) in [5.74, 6) is 2.37. The maximum absolute atomic E-state index is 12.0. The Bertz CT molecular complexity index is 433. The SMILES string of the molecule is O=C(Cc1ccc(Cl)cc1Cl)CC1CSCCN1. The lowest BCUT2D eigenvalue weighted by atomic mass is 10.0. The summed E-state index contributed by atoms with van der Waals surface area (Å²) in [6, 6.07) is 5.58. The first-order valence-electron chi connectivity index (χ1n) is 5.92. The summed E-state index contributed by atoms with van der Waals surface area (Å²) in [6.45, 7) is 0.990. The van der Waals surface area contributed by atoms with E-state index in [4.69, 9.17) is 23.2 Å². The summed E-state index contributed by atoms with van der Waals surface area (Å²) < 4.78 is 0. The van der Waals surface area contributed by atoms with E-state index >= 15 is 0 Å². The second kappa shape index (κ2) is 6.80. The number of hydrogen-bond donors (Lipinski definition) is 1. The van der Waals surface area contributed by atoms with Gasteiger partial charge in [0, 0.05) is 47.0 Å². The molecule has 0 amide bonds. The van der Waals surface area contributed by atoms with E-state index in [9.17, 15) is 4.79 Å². The van der Waals surface area contributed by atoms with Crippen molar-refractivity contribution in [1.82, 2.24) is 5.32 Å². The molecule has 2 rings (SSSR count). The minimum absolute atomic E-state index is 0.222. The highest BCUT2D eigenvalue weighted by Crippen LogP contribution is 2.22. The third-order valence-electron chi connectivity index (χ3n) is 2.88. The molecule has 1 N–H and O–H groups in total. The number of Topliss-reactive ketones (excluding diaryl/α,β-unsaturated/α-hetero) is 1. The van der Waals surface area contributed by atoms with E-state index in [-0.39, 0.29) is 5.78 Å². The second-order valence-electron chi connectivity index (χ2n) is 4.38. The lowest BCUT2D eigenvalue weighted by Crippen LogP contribution is -2.39. The molecule has 1 heterocycles. The molecule has 1 aliphatic heterocycles. The lowest BCUT2D eigenvalue weighted by Gasteiger charge is -2.22. The monoisotopic (exact) mass is 303 g/mol. The first kappa shape index (κ1) is 14.2. The van der Waals surface area contributed by atoms with Crippen LogP contribution in [0.15, 0.2) is 18.2 Å². The molecule has 0 spiro atoms. The standard InChI is InChI=1S/C13H15Cl2NOS/c14-10-2-1-9(13(15)6-10)5-12(17)7-11-8-18-4-3-16-11/h1-2,6,11,16H,3-5,7-8H2. The van der Waals surface area contributed by atoms with Gasteiger partial charge in [-0.15, -0.1) is 0 Å². The predicted molar refractivity (Wildman–Crippen MR) is 78.9 cm³/mol. The maximum Gasteiger partial charge on any atom is 0.138 e. The summed E-state index contributed by atoms with van der Waals surface area (Å²) in [5, 5.41) is 4.53. The number of rotatable bonds is 4. The van der Waals surface area contributed by atoms with Crippen LogP contribution in [-0.4, -0.2) is 29.9 Å². The smallest absolute Gasteiger partial charge is 0.138 e. The van der Waals surface area contributed by atoms with Crippen molar-refractivity contribution in [2.75, 3.05) is 18.1 Å². The van der Waals surface area contributed by atoms with Gasteiger partial charge in [-0.25, -0.2) is 0 Å². The number of carbonyl (C=O) groups is 1. The highest BCUT2D eigenvalue weighted by Gasteiger charge is 2.17. The van der Waals surface area contributed by atoms with E-state index in [2.05, 4.69) is 5.32 Å². The molecule has 1 saturated heterocycles.